The normalized spacial score (nSPS) is 11.4. The lowest BCUT2D eigenvalue weighted by molar-refractivity contribution is 1.07. The molecule has 3 heterocycles. The number of nitrogens with zero attached hydrogens (tertiary/aromatic N) is 6. The summed E-state index contributed by atoms with van der Waals surface area (Å²) in [6.07, 6.45) is 0. The fourth-order valence-corrected chi connectivity index (χ4v) is 11.5. The standard InChI is InChI=1S/C76H50N6/c1-8-22-51(23-9-1)56-36-38-59(39-37-56)73-78-74(64-45-62(54-28-14-4-15-29-54)44-63(46-64)55-30-16-5-17-31-55)80-75(79-73)65-47-66(57-32-18-6-19-33-57)72(67(48-65)58-34-20-7-21-35-58)82-69-43-41-61(53-26-12-3-13-27-53)50-71(69)81-70-49-60(52-24-10-2-11-25-52)40-42-68(70)77-76(81)82/h1-50H. The van der Waals surface area contributed by atoms with Crippen molar-refractivity contribution in [1.82, 2.24) is 28.9 Å². The Morgan fingerprint density at radius 2 is 0.537 bits per heavy atom. The van der Waals surface area contributed by atoms with Crippen LogP contribution in [0.15, 0.2) is 303 Å². The summed E-state index contributed by atoms with van der Waals surface area (Å²) >= 11 is 0. The minimum atomic E-state index is 0.550. The van der Waals surface area contributed by atoms with Crippen molar-refractivity contribution in [3.8, 4) is 118 Å². The van der Waals surface area contributed by atoms with Crippen LogP contribution in [-0.2, 0) is 0 Å². The van der Waals surface area contributed by atoms with E-state index in [1.54, 1.807) is 0 Å². The van der Waals surface area contributed by atoms with Crippen molar-refractivity contribution in [2.45, 2.75) is 0 Å². The Morgan fingerprint density at radius 1 is 0.207 bits per heavy atom. The molecule has 3 aromatic heterocycles. The predicted molar refractivity (Wildman–Crippen MR) is 337 cm³/mol. The van der Waals surface area contributed by atoms with Gasteiger partial charge in [-0.1, -0.05) is 249 Å². The summed E-state index contributed by atoms with van der Waals surface area (Å²) < 4.78 is 4.72. The van der Waals surface area contributed by atoms with Crippen LogP contribution in [0.5, 0.6) is 0 Å². The number of fused-ring (bicyclic) bond motifs is 5. The Morgan fingerprint density at radius 3 is 1.00 bits per heavy atom. The number of hydrogen-bond acceptors (Lipinski definition) is 4. The van der Waals surface area contributed by atoms with Crippen molar-refractivity contribution in [1.29, 1.82) is 0 Å². The smallest absolute Gasteiger partial charge is 0.220 e. The van der Waals surface area contributed by atoms with Crippen molar-refractivity contribution >= 4 is 27.8 Å². The molecule has 0 fully saturated rings. The zero-order chi connectivity index (χ0) is 54.3. The predicted octanol–water partition coefficient (Wildman–Crippen LogP) is 19.3. The SMILES string of the molecule is c1ccc(-c2ccc(-c3nc(-c4cc(-c5ccccc5)cc(-c5ccccc5)c4)nc(-c4cc(-c5ccccc5)c(-n5c6ccc(-c7ccccc7)cc6n6c7cc(-c8ccccc8)ccc7nc56)c(-c5ccccc5)c4)n3)cc2)cc1. The molecular formula is C76H50N6. The van der Waals surface area contributed by atoms with Gasteiger partial charge in [0.25, 0.3) is 0 Å². The summed E-state index contributed by atoms with van der Waals surface area (Å²) in [5, 5.41) is 0. The molecule has 0 aliphatic rings. The molecule has 0 amide bonds. The maximum Gasteiger partial charge on any atom is 0.220 e. The van der Waals surface area contributed by atoms with Crippen LogP contribution >= 0.6 is 0 Å². The van der Waals surface area contributed by atoms with Crippen molar-refractivity contribution in [3.63, 3.8) is 0 Å². The highest BCUT2D eigenvalue weighted by Gasteiger charge is 2.26. The van der Waals surface area contributed by atoms with E-state index in [1.807, 2.05) is 6.07 Å². The fraction of sp³-hybridized carbons (Fsp3) is 0. The van der Waals surface area contributed by atoms with Crippen LogP contribution < -0.4 is 0 Å². The second kappa shape index (κ2) is 20.6. The number of benzene rings is 12. The third-order valence-electron chi connectivity index (χ3n) is 15.6. The molecule has 6 nitrogen and oxygen atoms in total. The van der Waals surface area contributed by atoms with E-state index in [9.17, 15) is 0 Å². The van der Waals surface area contributed by atoms with Crippen LogP contribution in [0, 0.1) is 0 Å². The van der Waals surface area contributed by atoms with Gasteiger partial charge in [-0.25, -0.2) is 19.9 Å². The lowest BCUT2D eigenvalue weighted by Crippen LogP contribution is -2.04. The van der Waals surface area contributed by atoms with Crippen molar-refractivity contribution in [2.24, 2.45) is 0 Å². The maximum absolute atomic E-state index is 5.58. The van der Waals surface area contributed by atoms with E-state index in [1.165, 1.54) is 0 Å². The van der Waals surface area contributed by atoms with E-state index in [4.69, 9.17) is 19.9 Å². The van der Waals surface area contributed by atoms with Crippen molar-refractivity contribution in [3.05, 3.63) is 303 Å². The summed E-state index contributed by atoms with van der Waals surface area (Å²) in [7, 11) is 0. The Kier molecular flexibility index (Phi) is 12.1. The first-order chi connectivity index (χ1) is 40.6. The van der Waals surface area contributed by atoms with Crippen LogP contribution in [0.4, 0.5) is 0 Å². The molecule has 384 valence electrons. The molecule has 12 aromatic carbocycles. The molecule has 82 heavy (non-hydrogen) atoms. The average molecular weight is 1050 g/mol. The van der Waals surface area contributed by atoms with E-state index in [0.29, 0.717) is 17.5 Å². The molecule has 0 N–H and O–H groups in total. The maximum atomic E-state index is 5.58. The lowest BCUT2D eigenvalue weighted by Gasteiger charge is -2.20. The second-order valence-electron chi connectivity index (χ2n) is 20.7. The number of imidazole rings is 2. The highest BCUT2D eigenvalue weighted by atomic mass is 15.2. The molecule has 15 rings (SSSR count). The molecule has 15 aromatic rings. The first-order valence-corrected chi connectivity index (χ1v) is 27.7. The highest BCUT2D eigenvalue weighted by Crippen LogP contribution is 2.44. The van der Waals surface area contributed by atoms with Crippen molar-refractivity contribution in [2.75, 3.05) is 0 Å². The summed E-state index contributed by atoms with van der Waals surface area (Å²) in [6, 6.07) is 107. The van der Waals surface area contributed by atoms with Crippen LogP contribution in [-0.4, -0.2) is 28.9 Å². The van der Waals surface area contributed by atoms with Crippen LogP contribution in [0.2, 0.25) is 0 Å². The van der Waals surface area contributed by atoms with Gasteiger partial charge in [-0.15, -0.1) is 0 Å². The monoisotopic (exact) mass is 1050 g/mol. The van der Waals surface area contributed by atoms with Gasteiger partial charge < -0.3 is 0 Å². The van der Waals surface area contributed by atoms with E-state index < -0.39 is 0 Å². The van der Waals surface area contributed by atoms with Crippen LogP contribution in [0.1, 0.15) is 0 Å². The molecule has 0 aliphatic heterocycles. The topological polar surface area (TPSA) is 60.9 Å². The molecule has 0 bridgehead atoms. The molecule has 0 saturated heterocycles. The molecule has 0 saturated carbocycles. The van der Waals surface area contributed by atoms with Gasteiger partial charge in [0.2, 0.25) is 5.78 Å². The summed E-state index contributed by atoms with van der Waals surface area (Å²) in [5.41, 5.74) is 22.8. The van der Waals surface area contributed by atoms with E-state index in [2.05, 4.69) is 306 Å². The fourth-order valence-electron chi connectivity index (χ4n) is 11.5. The highest BCUT2D eigenvalue weighted by molar-refractivity contribution is 6.00. The molecular weight excluding hydrogens is 997 g/mol. The number of hydrogen-bond donors (Lipinski definition) is 0. The summed E-state index contributed by atoms with van der Waals surface area (Å²) in [5.74, 6) is 2.50. The third kappa shape index (κ3) is 8.91. The molecule has 0 spiro atoms. The second-order valence-corrected chi connectivity index (χ2v) is 20.7. The van der Waals surface area contributed by atoms with Gasteiger partial charge in [-0.2, -0.15) is 0 Å². The number of rotatable bonds is 11. The molecule has 0 unspecified atom stereocenters. The molecule has 0 atom stereocenters. The Bertz CT molecular complexity index is 4670. The summed E-state index contributed by atoms with van der Waals surface area (Å²) in [4.78, 5) is 22.0. The summed E-state index contributed by atoms with van der Waals surface area (Å²) in [6.45, 7) is 0. The quantitative estimate of drug-likeness (QED) is 0.129. The minimum absolute atomic E-state index is 0.550. The van der Waals surface area contributed by atoms with Crippen molar-refractivity contribution < 1.29 is 0 Å². The lowest BCUT2D eigenvalue weighted by atomic mass is 9.92. The van der Waals surface area contributed by atoms with Gasteiger partial charge in [0, 0.05) is 27.8 Å². The molecule has 0 aliphatic carbocycles. The van der Waals surface area contributed by atoms with E-state index in [0.717, 1.165) is 128 Å². The average Bonchev–Trinajstić information content (AvgIpc) is 3.10. The Labute approximate surface area is 475 Å². The first kappa shape index (κ1) is 48.1. The third-order valence-corrected chi connectivity index (χ3v) is 15.6. The van der Waals surface area contributed by atoms with Gasteiger partial charge in [0.1, 0.15) is 0 Å². The van der Waals surface area contributed by atoms with Crippen LogP contribution in [0.25, 0.3) is 146 Å². The Hall–Kier alpha value is -11.1. The zero-order valence-corrected chi connectivity index (χ0v) is 44.6. The van der Waals surface area contributed by atoms with Gasteiger partial charge >= 0.3 is 0 Å². The minimum Gasteiger partial charge on any atom is -0.277 e. The molecule has 0 radical (unpaired) electrons. The van der Waals surface area contributed by atoms with Gasteiger partial charge in [-0.05, 0) is 121 Å². The van der Waals surface area contributed by atoms with Gasteiger partial charge in [-0.3, -0.25) is 8.97 Å². The molecule has 6 heteroatoms. The van der Waals surface area contributed by atoms with Crippen LogP contribution in [0.3, 0.4) is 0 Å². The first-order valence-electron chi connectivity index (χ1n) is 27.7. The van der Waals surface area contributed by atoms with Gasteiger partial charge in [0.05, 0.1) is 27.8 Å². The number of aromatic nitrogens is 6. The largest absolute Gasteiger partial charge is 0.277 e. The zero-order valence-electron chi connectivity index (χ0n) is 44.6. The Balaban J connectivity index is 1.01. The van der Waals surface area contributed by atoms with E-state index >= 15 is 0 Å². The van der Waals surface area contributed by atoms with E-state index in [-0.39, 0.29) is 0 Å². The van der Waals surface area contributed by atoms with Gasteiger partial charge in [0.15, 0.2) is 17.5 Å².